The Hall–Kier alpha value is -1.81. The third kappa shape index (κ3) is 13.7. The van der Waals surface area contributed by atoms with Crippen LogP contribution in [0.3, 0.4) is 0 Å². The molecule has 0 aliphatic carbocycles. The zero-order chi connectivity index (χ0) is 34.7. The summed E-state index contributed by atoms with van der Waals surface area (Å²) in [6.45, 7) is -2.97. The van der Waals surface area contributed by atoms with Gasteiger partial charge in [-0.15, -0.1) is 0 Å². The van der Waals surface area contributed by atoms with Crippen LogP contribution in [0.25, 0.3) is 0 Å². The summed E-state index contributed by atoms with van der Waals surface area (Å²) in [4.78, 5) is 61.5. The van der Waals surface area contributed by atoms with Gasteiger partial charge < -0.3 is 35.4 Å². The number of aliphatic carboxylic acids is 5. The number of aromatic hydroxyl groups is 1. The molecule has 0 spiro atoms. The van der Waals surface area contributed by atoms with Gasteiger partial charge in [0.1, 0.15) is 17.5 Å². The molecule has 0 heterocycles. The van der Waals surface area contributed by atoms with Gasteiger partial charge >= 0.3 is 29.8 Å². The maximum atomic E-state index is 12.6. The monoisotopic (exact) mass is 1090 g/mol. The molecule has 0 saturated heterocycles. The highest BCUT2D eigenvalue weighted by Crippen LogP contribution is 2.37. The maximum absolute atomic E-state index is 12.6. The average Bonchev–Trinajstić information content (AvgIpc) is 2.91. The Morgan fingerprint density at radius 3 is 1.37 bits per heavy atom. The summed E-state index contributed by atoms with van der Waals surface area (Å²) in [7, 11) is 0. The number of ether oxygens (including phenoxy) is 1. The van der Waals surface area contributed by atoms with Gasteiger partial charge in [-0.05, 0) is 127 Å². The van der Waals surface area contributed by atoms with Gasteiger partial charge in [-0.2, -0.15) is 0 Å². The molecule has 0 unspecified atom stereocenters. The molecular formula is C27H29I4N3O12. The van der Waals surface area contributed by atoms with E-state index in [4.69, 9.17) is 4.74 Å². The van der Waals surface area contributed by atoms with Gasteiger partial charge in [0, 0.05) is 26.2 Å². The van der Waals surface area contributed by atoms with Crippen molar-refractivity contribution in [2.24, 2.45) is 0 Å². The summed E-state index contributed by atoms with van der Waals surface area (Å²) in [5, 5.41) is 57.2. The molecule has 0 bridgehead atoms. The van der Waals surface area contributed by atoms with Crippen molar-refractivity contribution in [3.63, 3.8) is 0 Å². The van der Waals surface area contributed by atoms with Crippen LogP contribution >= 0.6 is 90.4 Å². The van der Waals surface area contributed by atoms with Crippen LogP contribution in [0.15, 0.2) is 24.3 Å². The van der Waals surface area contributed by atoms with Crippen molar-refractivity contribution < 1.29 is 59.3 Å². The lowest BCUT2D eigenvalue weighted by Gasteiger charge is -2.32. The lowest BCUT2D eigenvalue weighted by atomic mass is 10.0. The van der Waals surface area contributed by atoms with E-state index in [0.29, 0.717) is 31.3 Å². The Morgan fingerprint density at radius 2 is 1.02 bits per heavy atom. The number of carboxylic acid groups (broad SMARTS) is 5. The third-order valence-electron chi connectivity index (χ3n) is 6.27. The molecule has 1 atom stereocenters. The molecule has 0 amide bonds. The Kier molecular flexibility index (Phi) is 16.9. The predicted molar refractivity (Wildman–Crippen MR) is 196 cm³/mol. The second-order valence-electron chi connectivity index (χ2n) is 9.82. The fraction of sp³-hybridized carbons (Fsp3) is 0.370. The Morgan fingerprint density at radius 1 is 0.630 bits per heavy atom. The minimum Gasteiger partial charge on any atom is -0.506 e. The second kappa shape index (κ2) is 19.3. The molecule has 0 aliphatic rings. The highest BCUT2D eigenvalue weighted by Gasteiger charge is 2.29. The SMILES string of the molecule is O=C(O)CN(CCN(CCN(CC(=O)O)CC(=O)O)[C@@H](Cc1cc(I)c(Oc2cc(I)c(O)c(I)c2)c(I)c1)C(=O)O)CC(=O)O. The zero-order valence-corrected chi connectivity index (χ0v) is 32.4. The van der Waals surface area contributed by atoms with Gasteiger partial charge in [-0.25, -0.2) is 0 Å². The molecule has 19 heteroatoms. The van der Waals surface area contributed by atoms with Gasteiger partial charge in [0.25, 0.3) is 0 Å². The first-order valence-electron chi connectivity index (χ1n) is 13.1. The topological polar surface area (TPSA) is 226 Å². The molecule has 15 nitrogen and oxygen atoms in total. The van der Waals surface area contributed by atoms with E-state index in [1.807, 2.05) is 45.2 Å². The zero-order valence-electron chi connectivity index (χ0n) is 23.7. The minimum absolute atomic E-state index is 0.0493. The van der Waals surface area contributed by atoms with Gasteiger partial charge in [-0.3, -0.25) is 38.7 Å². The molecule has 2 aromatic rings. The number of hydrogen-bond donors (Lipinski definition) is 6. The number of carbonyl (C=O) groups is 5. The Balaban J connectivity index is 2.40. The number of rotatable bonds is 20. The lowest BCUT2D eigenvalue weighted by molar-refractivity contribution is -0.146. The molecule has 0 aromatic heterocycles. The third-order valence-corrected chi connectivity index (χ3v) is 9.51. The molecule has 0 fully saturated rings. The van der Waals surface area contributed by atoms with Crippen LogP contribution in [0.5, 0.6) is 17.2 Å². The summed E-state index contributed by atoms with van der Waals surface area (Å²) in [6.07, 6.45) is -0.0493. The standard InChI is InChI=1S/C27H29I4N3O12/c28-16-8-15(9-17(29)25(16)43)46-26-18(30)5-14(6-19(26)31)7-20(27(44)45)34(3-1-32(10-21(35)36)11-22(37)38)4-2-33(12-23(39)40)13-24(41)42/h5-6,8-9,20,43H,1-4,7,10-13H2,(H,35,36)(H,37,38)(H,39,40)(H,41,42)(H,44,45)/t20-/m0/s1. The van der Waals surface area contributed by atoms with Crippen LogP contribution in [0.4, 0.5) is 0 Å². The summed E-state index contributed by atoms with van der Waals surface area (Å²) in [5.41, 5.74) is 0.606. The number of benzene rings is 2. The van der Waals surface area contributed by atoms with Gasteiger partial charge in [-0.1, -0.05) is 0 Å². The van der Waals surface area contributed by atoms with Crippen LogP contribution < -0.4 is 4.74 Å². The van der Waals surface area contributed by atoms with E-state index >= 15 is 0 Å². The molecular weight excluding hydrogens is 1070 g/mol. The minimum atomic E-state index is -1.28. The summed E-state index contributed by atoms with van der Waals surface area (Å²) < 4.78 is 8.63. The van der Waals surface area contributed by atoms with Gasteiger partial charge in [0.05, 0.1) is 40.5 Å². The first kappa shape index (κ1) is 40.4. The van der Waals surface area contributed by atoms with Crippen molar-refractivity contribution in [1.82, 2.24) is 14.7 Å². The number of phenols is 1. The number of halogens is 4. The largest absolute Gasteiger partial charge is 0.506 e. The van der Waals surface area contributed by atoms with Crippen molar-refractivity contribution in [2.45, 2.75) is 12.5 Å². The second-order valence-corrected chi connectivity index (χ2v) is 14.5. The smallest absolute Gasteiger partial charge is 0.321 e. The van der Waals surface area contributed by atoms with Crippen LogP contribution in [-0.2, 0) is 30.4 Å². The van der Waals surface area contributed by atoms with E-state index in [2.05, 4.69) is 45.2 Å². The number of hydrogen-bond acceptors (Lipinski definition) is 10. The molecule has 0 saturated carbocycles. The van der Waals surface area contributed by atoms with E-state index in [1.165, 1.54) is 4.90 Å². The van der Waals surface area contributed by atoms with Crippen molar-refractivity contribution in [2.75, 3.05) is 52.4 Å². The molecule has 252 valence electrons. The molecule has 0 radical (unpaired) electrons. The fourth-order valence-corrected chi connectivity index (χ4v) is 8.13. The van der Waals surface area contributed by atoms with E-state index in [0.717, 1.165) is 9.80 Å². The van der Waals surface area contributed by atoms with E-state index in [-0.39, 0.29) is 38.3 Å². The highest BCUT2D eigenvalue weighted by molar-refractivity contribution is 14.1. The number of phenolic OH excluding ortho intramolecular Hbond substituents is 1. The van der Waals surface area contributed by atoms with Crippen LogP contribution in [0, 0.1) is 14.3 Å². The van der Waals surface area contributed by atoms with Crippen LogP contribution in [0.2, 0.25) is 0 Å². The normalized spacial score (nSPS) is 12.0. The van der Waals surface area contributed by atoms with Crippen molar-refractivity contribution >= 4 is 120 Å². The molecule has 46 heavy (non-hydrogen) atoms. The maximum Gasteiger partial charge on any atom is 0.321 e. The molecule has 0 aliphatic heterocycles. The number of carboxylic acids is 5. The Labute approximate surface area is 317 Å². The van der Waals surface area contributed by atoms with E-state index in [1.54, 1.807) is 24.3 Å². The van der Waals surface area contributed by atoms with E-state index < -0.39 is 62.1 Å². The van der Waals surface area contributed by atoms with Crippen molar-refractivity contribution in [3.05, 3.63) is 44.1 Å². The average molecular weight is 1100 g/mol. The highest BCUT2D eigenvalue weighted by atomic mass is 127. The van der Waals surface area contributed by atoms with Crippen LogP contribution in [-0.4, -0.2) is 134 Å². The van der Waals surface area contributed by atoms with Gasteiger partial charge in [0.15, 0.2) is 5.75 Å². The van der Waals surface area contributed by atoms with Crippen molar-refractivity contribution in [3.8, 4) is 17.2 Å². The summed E-state index contributed by atoms with van der Waals surface area (Å²) >= 11 is 8.10. The number of nitrogens with zero attached hydrogens (tertiary/aromatic N) is 3. The molecule has 2 rings (SSSR count). The van der Waals surface area contributed by atoms with Crippen molar-refractivity contribution in [1.29, 1.82) is 0 Å². The van der Waals surface area contributed by atoms with Gasteiger partial charge in [0.2, 0.25) is 0 Å². The predicted octanol–water partition coefficient (Wildman–Crippen LogP) is 2.84. The fourth-order valence-electron chi connectivity index (χ4n) is 4.30. The lowest BCUT2D eigenvalue weighted by Crippen LogP contribution is -2.50. The van der Waals surface area contributed by atoms with E-state index in [9.17, 15) is 54.6 Å². The molecule has 2 aromatic carbocycles. The summed E-state index contributed by atoms with van der Waals surface area (Å²) in [5.74, 6) is -5.21. The molecule has 6 N–H and O–H groups in total. The Bertz CT molecular complexity index is 1340. The summed E-state index contributed by atoms with van der Waals surface area (Å²) in [6, 6.07) is 5.60. The quantitative estimate of drug-likeness (QED) is 0.105. The van der Waals surface area contributed by atoms with Crippen LogP contribution in [0.1, 0.15) is 5.56 Å². The first-order chi connectivity index (χ1) is 21.5. The first-order valence-corrected chi connectivity index (χ1v) is 17.4.